The molecule has 0 aromatic heterocycles. The van der Waals surface area contributed by atoms with E-state index in [1.54, 1.807) is 0 Å². The maximum Gasteiger partial charge on any atom is 1.00 e. The molecule has 0 radical (unpaired) electrons. The molecule has 0 atom stereocenters. The summed E-state index contributed by atoms with van der Waals surface area (Å²) >= 11 is 0. The molecule has 0 rings (SSSR count). The van der Waals surface area contributed by atoms with E-state index >= 15 is 0 Å². The Morgan fingerprint density at radius 2 is 1.00 bits per heavy atom. The van der Waals surface area contributed by atoms with Crippen molar-refractivity contribution < 1.29 is 62.5 Å². The SMILES string of the molecule is O.[H-].[H-].[Li+].[Li+].[Ni]. The van der Waals surface area contributed by atoms with Crippen LogP contribution in [0.4, 0.5) is 0 Å². The second-order valence-electron chi connectivity index (χ2n) is 0. The summed E-state index contributed by atoms with van der Waals surface area (Å²) in [4.78, 5) is 0. The van der Waals surface area contributed by atoms with Gasteiger partial charge < -0.3 is 8.33 Å². The maximum atomic E-state index is 0. The van der Waals surface area contributed by atoms with Crippen LogP contribution < -0.4 is 37.7 Å². The Morgan fingerprint density at radius 3 is 1.00 bits per heavy atom. The normalized spacial score (nSPS) is 0. The molecule has 0 saturated heterocycles. The Kier molecular flexibility index (Phi) is 256. The van der Waals surface area contributed by atoms with Gasteiger partial charge in [0.2, 0.25) is 0 Å². The van der Waals surface area contributed by atoms with Gasteiger partial charge in [-0.15, -0.1) is 0 Å². The average molecular weight is 92.6 g/mol. The van der Waals surface area contributed by atoms with E-state index in [9.17, 15) is 0 Å². The van der Waals surface area contributed by atoms with Gasteiger partial charge in [-0.05, 0) is 0 Å². The first-order chi connectivity index (χ1) is 0. The molecule has 0 amide bonds. The summed E-state index contributed by atoms with van der Waals surface area (Å²) in [6.45, 7) is 0. The molecule has 0 saturated carbocycles. The molecule has 0 aliphatic carbocycles. The third-order valence-corrected chi connectivity index (χ3v) is 0. The minimum atomic E-state index is 0. The Balaban J connectivity index is 0. The Hall–Kier alpha value is 1.65. The van der Waals surface area contributed by atoms with Gasteiger partial charge in [0, 0.05) is 16.5 Å². The van der Waals surface area contributed by atoms with Crippen molar-refractivity contribution in [1.29, 1.82) is 0 Å². The smallest absolute Gasteiger partial charge is 1.00 e. The van der Waals surface area contributed by atoms with Crippen molar-refractivity contribution in [2.24, 2.45) is 0 Å². The van der Waals surface area contributed by atoms with Crippen molar-refractivity contribution in [3.63, 3.8) is 0 Å². The van der Waals surface area contributed by atoms with E-state index in [2.05, 4.69) is 0 Å². The van der Waals surface area contributed by atoms with Gasteiger partial charge in [0.1, 0.15) is 0 Å². The standard InChI is InChI=1S/2Li.Ni.H2O.2H/h;;;1H2;;/q2*+1;;;2*-1. The van der Waals surface area contributed by atoms with Crippen LogP contribution in [-0.4, -0.2) is 5.48 Å². The van der Waals surface area contributed by atoms with Crippen molar-refractivity contribution in [3.8, 4) is 0 Å². The maximum absolute atomic E-state index is 0. The first-order valence-electron chi connectivity index (χ1n) is 0. The zero-order valence-electron chi connectivity index (χ0n) is 4.82. The van der Waals surface area contributed by atoms with E-state index in [-0.39, 0.29) is 62.5 Å². The minimum absolute atomic E-state index is 0. The fourth-order valence-electron chi connectivity index (χ4n) is 0. The van der Waals surface area contributed by atoms with Gasteiger partial charge in [0.05, 0.1) is 0 Å². The molecule has 1 nitrogen and oxygen atoms in total. The number of hydrogen-bond acceptors (Lipinski definition) is 0. The molecule has 0 fully saturated rings. The van der Waals surface area contributed by atoms with Gasteiger partial charge in [-0.1, -0.05) is 0 Å². The summed E-state index contributed by atoms with van der Waals surface area (Å²) in [7, 11) is 0. The topological polar surface area (TPSA) is 31.5 Å². The Morgan fingerprint density at radius 1 is 1.00 bits per heavy atom. The summed E-state index contributed by atoms with van der Waals surface area (Å²) in [5, 5.41) is 0. The molecule has 0 aliphatic rings. The molecular weight excluding hydrogens is 88.6 g/mol. The monoisotopic (exact) mass is 92.0 g/mol. The summed E-state index contributed by atoms with van der Waals surface area (Å²) in [5.74, 6) is 0. The van der Waals surface area contributed by atoms with Crippen LogP contribution in [0.5, 0.6) is 0 Å². The van der Waals surface area contributed by atoms with Crippen LogP contribution >= 0.6 is 0 Å². The number of rotatable bonds is 0. The van der Waals surface area contributed by atoms with Crippen molar-refractivity contribution in [2.75, 3.05) is 0 Å². The van der Waals surface area contributed by atoms with Crippen LogP contribution in [0.2, 0.25) is 0 Å². The van der Waals surface area contributed by atoms with Crippen LogP contribution in [0.15, 0.2) is 0 Å². The van der Waals surface area contributed by atoms with Crippen molar-refractivity contribution >= 4 is 0 Å². The van der Waals surface area contributed by atoms with E-state index < -0.39 is 0 Å². The van der Waals surface area contributed by atoms with E-state index in [0.29, 0.717) is 0 Å². The van der Waals surface area contributed by atoms with Gasteiger partial charge in [-0.3, -0.25) is 0 Å². The van der Waals surface area contributed by atoms with E-state index in [1.807, 2.05) is 0 Å². The summed E-state index contributed by atoms with van der Waals surface area (Å²) in [6, 6.07) is 0. The zero-order chi connectivity index (χ0) is 0. The van der Waals surface area contributed by atoms with Gasteiger partial charge >= 0.3 is 37.7 Å². The predicted molar refractivity (Wildman–Crippen MR) is 5.84 cm³/mol. The third-order valence-electron chi connectivity index (χ3n) is 0. The van der Waals surface area contributed by atoms with Crippen molar-refractivity contribution in [3.05, 3.63) is 0 Å². The molecule has 0 bridgehead atoms. The molecule has 4 heteroatoms. The molecule has 0 aliphatic heterocycles. The van der Waals surface area contributed by atoms with Crippen molar-refractivity contribution in [1.82, 2.24) is 0 Å². The second-order valence-corrected chi connectivity index (χ2v) is 0. The van der Waals surface area contributed by atoms with Crippen LogP contribution in [0.1, 0.15) is 2.85 Å². The summed E-state index contributed by atoms with van der Waals surface area (Å²) in [6.07, 6.45) is 0. The molecule has 2 N–H and O–H groups in total. The summed E-state index contributed by atoms with van der Waals surface area (Å²) < 4.78 is 0. The minimum Gasteiger partial charge on any atom is -1.00 e. The molecule has 22 valence electrons. The molecule has 4 heavy (non-hydrogen) atoms. The fourth-order valence-corrected chi connectivity index (χ4v) is 0. The Bertz CT molecular complexity index is 11.5. The molecular formula is H4Li2NiO. The molecule has 0 aromatic rings. The van der Waals surface area contributed by atoms with Gasteiger partial charge in [-0.25, -0.2) is 0 Å². The quantitative estimate of drug-likeness (QED) is 0.266. The second kappa shape index (κ2) is 22.8. The van der Waals surface area contributed by atoms with Crippen molar-refractivity contribution in [2.45, 2.75) is 0 Å². The van der Waals surface area contributed by atoms with Crippen LogP contribution in [0.25, 0.3) is 0 Å². The van der Waals surface area contributed by atoms with Crippen LogP contribution in [0, 0.1) is 0 Å². The van der Waals surface area contributed by atoms with E-state index in [1.165, 1.54) is 0 Å². The van der Waals surface area contributed by atoms with E-state index in [4.69, 9.17) is 0 Å². The molecule has 0 spiro atoms. The van der Waals surface area contributed by atoms with Crippen LogP contribution in [0.3, 0.4) is 0 Å². The van der Waals surface area contributed by atoms with Gasteiger partial charge in [-0.2, -0.15) is 0 Å². The molecule has 0 aromatic carbocycles. The molecule has 0 heterocycles. The fraction of sp³-hybridized carbons (Fsp3) is 0. The van der Waals surface area contributed by atoms with Gasteiger partial charge in [0.15, 0.2) is 0 Å². The first-order valence-corrected chi connectivity index (χ1v) is 0. The van der Waals surface area contributed by atoms with Crippen LogP contribution in [-0.2, 0) is 16.5 Å². The third kappa shape index (κ3) is 9.42. The predicted octanol–water partition coefficient (Wildman–Crippen LogP) is -6.59. The van der Waals surface area contributed by atoms with E-state index in [0.717, 1.165) is 0 Å². The first kappa shape index (κ1) is 44.9. The van der Waals surface area contributed by atoms with Gasteiger partial charge in [0.25, 0.3) is 0 Å². The molecule has 0 unspecified atom stereocenters. The largest absolute Gasteiger partial charge is 1.00 e. The number of hydrogen-bond donors (Lipinski definition) is 0. The zero-order valence-corrected chi connectivity index (χ0v) is 3.80. The summed E-state index contributed by atoms with van der Waals surface area (Å²) in [5.41, 5.74) is 0. The Labute approximate surface area is 62.5 Å². The average Bonchev–Trinajstić information content (AvgIpc) is 0.